The fourth-order valence-electron chi connectivity index (χ4n) is 6.04. The van der Waals surface area contributed by atoms with Crippen molar-refractivity contribution < 1.29 is 28.6 Å². The fraction of sp³-hybridized carbons (Fsp3) is 0.500. The Morgan fingerprint density at radius 2 is 1.51 bits per heavy atom. The van der Waals surface area contributed by atoms with Gasteiger partial charge in [-0.25, -0.2) is 0 Å². The van der Waals surface area contributed by atoms with Crippen molar-refractivity contribution in [1.29, 1.82) is 0 Å². The standard InChI is InChI=1S/C34H44N4O6S/c35-32-28-20-25(45-34(28)38-33(32)41)9-3-6-12-30(39)36-13-15-42-17-18-43-16-14-37-31(40)22-44-21-29-26-10-4-1-7-23(26)19-24-8-2-5-11-27(24)29/h1-2,4-5,7-8,10-11,19,25,28,32,34H,3,6,9,12-18,20-22,35H2,(H,36,39)(H,37,40)(H,38,41). The van der Waals surface area contributed by atoms with Crippen LogP contribution in [0.1, 0.15) is 37.7 Å². The summed E-state index contributed by atoms with van der Waals surface area (Å²) in [4.78, 5) is 36.0. The molecule has 0 aliphatic carbocycles. The van der Waals surface area contributed by atoms with Crippen molar-refractivity contribution in [3.63, 3.8) is 0 Å². The van der Waals surface area contributed by atoms with Crippen LogP contribution in [-0.4, -0.2) is 80.5 Å². The van der Waals surface area contributed by atoms with E-state index in [1.807, 2.05) is 36.0 Å². The number of benzene rings is 3. The van der Waals surface area contributed by atoms with E-state index in [2.05, 4.69) is 46.3 Å². The molecule has 0 aromatic heterocycles. The summed E-state index contributed by atoms with van der Waals surface area (Å²) in [6, 6.07) is 18.2. The molecule has 10 nitrogen and oxygen atoms in total. The minimum Gasteiger partial charge on any atom is -0.377 e. The van der Waals surface area contributed by atoms with E-state index in [4.69, 9.17) is 19.9 Å². The highest BCUT2D eigenvalue weighted by Gasteiger charge is 2.46. The molecule has 0 saturated carbocycles. The number of carbonyl (C=O) groups is 3. The van der Waals surface area contributed by atoms with E-state index in [1.165, 1.54) is 0 Å². The largest absolute Gasteiger partial charge is 0.377 e. The van der Waals surface area contributed by atoms with Crippen molar-refractivity contribution in [2.75, 3.05) is 46.1 Å². The van der Waals surface area contributed by atoms with E-state index < -0.39 is 0 Å². The molecule has 5 rings (SSSR count). The van der Waals surface area contributed by atoms with E-state index >= 15 is 0 Å². The molecule has 2 fully saturated rings. The number of hydrogen-bond donors (Lipinski definition) is 4. The third kappa shape index (κ3) is 9.40. The fourth-order valence-corrected chi connectivity index (χ4v) is 7.75. The van der Waals surface area contributed by atoms with Gasteiger partial charge in [0.1, 0.15) is 6.61 Å². The van der Waals surface area contributed by atoms with Gasteiger partial charge in [-0.15, -0.1) is 11.8 Å². The van der Waals surface area contributed by atoms with E-state index in [0.717, 1.165) is 52.8 Å². The first kappa shape index (κ1) is 33.2. The number of nitrogens with two attached hydrogens (primary N) is 1. The Kier molecular flexibility index (Phi) is 12.5. The van der Waals surface area contributed by atoms with Gasteiger partial charge in [0, 0.05) is 30.7 Å². The molecule has 4 atom stereocenters. The average Bonchev–Trinajstić information content (AvgIpc) is 3.56. The van der Waals surface area contributed by atoms with Crippen LogP contribution in [0.25, 0.3) is 21.5 Å². The lowest BCUT2D eigenvalue weighted by Gasteiger charge is -2.12. The number of fused-ring (bicyclic) bond motifs is 3. The van der Waals surface area contributed by atoms with Crippen LogP contribution >= 0.6 is 11.8 Å². The number of rotatable bonds is 18. The number of unbranched alkanes of at least 4 members (excludes halogenated alkanes) is 1. The summed E-state index contributed by atoms with van der Waals surface area (Å²) in [6.07, 6.45) is 4.34. The van der Waals surface area contributed by atoms with Crippen LogP contribution < -0.4 is 21.7 Å². The normalized spacial score (nSPS) is 20.8. The first-order valence-electron chi connectivity index (χ1n) is 15.9. The predicted octanol–water partition coefficient (Wildman–Crippen LogP) is 3.24. The maximum atomic E-state index is 12.3. The summed E-state index contributed by atoms with van der Waals surface area (Å²) >= 11 is 1.82. The highest BCUT2D eigenvalue weighted by molar-refractivity contribution is 8.00. The van der Waals surface area contributed by atoms with Gasteiger partial charge in [-0.3, -0.25) is 14.4 Å². The zero-order chi connectivity index (χ0) is 31.4. The van der Waals surface area contributed by atoms with Gasteiger partial charge in [0.15, 0.2) is 0 Å². The molecule has 0 spiro atoms. The monoisotopic (exact) mass is 636 g/mol. The summed E-state index contributed by atoms with van der Waals surface area (Å²) in [5, 5.41) is 13.9. The number of thioether (sulfide) groups is 1. The lowest BCUT2D eigenvalue weighted by Crippen LogP contribution is -2.34. The second-order valence-corrected chi connectivity index (χ2v) is 13.0. The molecule has 5 N–H and O–H groups in total. The lowest BCUT2D eigenvalue weighted by molar-refractivity contribution is -0.126. The Balaban J connectivity index is 0.832. The van der Waals surface area contributed by atoms with Gasteiger partial charge in [0.05, 0.1) is 44.5 Å². The van der Waals surface area contributed by atoms with Gasteiger partial charge in [0.2, 0.25) is 17.7 Å². The molecule has 2 heterocycles. The first-order valence-corrected chi connectivity index (χ1v) is 16.8. The van der Waals surface area contributed by atoms with Crippen molar-refractivity contribution >= 4 is 51.0 Å². The SMILES string of the molecule is NC1C(=O)NC2SC(CCCCC(=O)NCCOCCOCCNC(=O)COCc3c4ccccc4cc4ccccc34)CC21. The van der Waals surface area contributed by atoms with Crippen molar-refractivity contribution in [2.24, 2.45) is 11.7 Å². The molecule has 0 bridgehead atoms. The van der Waals surface area contributed by atoms with E-state index in [9.17, 15) is 14.4 Å². The predicted molar refractivity (Wildman–Crippen MR) is 177 cm³/mol. The molecule has 4 unspecified atom stereocenters. The van der Waals surface area contributed by atoms with Crippen LogP contribution in [0.5, 0.6) is 0 Å². The van der Waals surface area contributed by atoms with Crippen LogP contribution in [0.4, 0.5) is 0 Å². The van der Waals surface area contributed by atoms with E-state index in [0.29, 0.717) is 57.8 Å². The van der Waals surface area contributed by atoms with E-state index in [-0.39, 0.29) is 41.7 Å². The number of ether oxygens (including phenoxy) is 3. The molecule has 3 amide bonds. The molecule has 2 aliphatic rings. The average molecular weight is 637 g/mol. The smallest absolute Gasteiger partial charge is 0.246 e. The van der Waals surface area contributed by atoms with Gasteiger partial charge in [-0.2, -0.15) is 0 Å². The summed E-state index contributed by atoms with van der Waals surface area (Å²) in [7, 11) is 0. The lowest BCUT2D eigenvalue weighted by atomic mass is 9.96. The summed E-state index contributed by atoms with van der Waals surface area (Å²) in [5.74, 6) is 0.0518. The highest BCUT2D eigenvalue weighted by atomic mass is 32.2. The van der Waals surface area contributed by atoms with Crippen molar-refractivity contribution in [3.8, 4) is 0 Å². The zero-order valence-electron chi connectivity index (χ0n) is 25.6. The molecule has 45 heavy (non-hydrogen) atoms. The number of nitrogens with one attached hydrogen (secondary N) is 3. The minimum absolute atomic E-state index is 0.0249. The minimum atomic E-state index is -0.375. The van der Waals surface area contributed by atoms with Gasteiger partial charge in [-0.05, 0) is 52.4 Å². The molecule has 3 aromatic rings. The molecule has 2 saturated heterocycles. The molecule has 3 aromatic carbocycles. The molecule has 2 aliphatic heterocycles. The van der Waals surface area contributed by atoms with Crippen molar-refractivity contribution in [2.45, 2.75) is 55.4 Å². The van der Waals surface area contributed by atoms with Crippen LogP contribution in [0, 0.1) is 5.92 Å². The Bertz CT molecular complexity index is 1400. The second kappa shape index (κ2) is 16.9. The second-order valence-electron chi connectivity index (χ2n) is 11.6. The van der Waals surface area contributed by atoms with Gasteiger partial charge in [0.25, 0.3) is 0 Å². The van der Waals surface area contributed by atoms with Crippen molar-refractivity contribution in [3.05, 3.63) is 60.2 Å². The van der Waals surface area contributed by atoms with E-state index in [1.54, 1.807) is 0 Å². The maximum absolute atomic E-state index is 12.3. The molecule has 242 valence electrons. The van der Waals surface area contributed by atoms with Gasteiger partial charge < -0.3 is 35.9 Å². The number of amides is 3. The van der Waals surface area contributed by atoms with Gasteiger partial charge in [-0.1, -0.05) is 55.0 Å². The number of carbonyl (C=O) groups excluding carboxylic acids is 3. The van der Waals surface area contributed by atoms with Crippen LogP contribution in [0.2, 0.25) is 0 Å². The molecule has 0 radical (unpaired) electrons. The summed E-state index contributed by atoms with van der Waals surface area (Å²) in [6.45, 7) is 2.79. The number of hydrogen-bond acceptors (Lipinski definition) is 8. The van der Waals surface area contributed by atoms with Crippen LogP contribution in [0.3, 0.4) is 0 Å². The molecular weight excluding hydrogens is 592 g/mol. The third-order valence-electron chi connectivity index (χ3n) is 8.36. The topological polar surface area (TPSA) is 141 Å². The first-order chi connectivity index (χ1) is 22.0. The van der Waals surface area contributed by atoms with Crippen LogP contribution in [0.15, 0.2) is 54.6 Å². The quantitative estimate of drug-likeness (QED) is 0.123. The summed E-state index contributed by atoms with van der Waals surface area (Å²) < 4.78 is 16.8. The molecule has 11 heteroatoms. The summed E-state index contributed by atoms with van der Waals surface area (Å²) in [5.41, 5.74) is 7.06. The Morgan fingerprint density at radius 3 is 2.18 bits per heavy atom. The zero-order valence-corrected chi connectivity index (χ0v) is 26.4. The maximum Gasteiger partial charge on any atom is 0.246 e. The molecular formula is C34H44N4O6S. The van der Waals surface area contributed by atoms with Crippen molar-refractivity contribution in [1.82, 2.24) is 16.0 Å². The Hall–Kier alpha value is -3.22. The van der Waals surface area contributed by atoms with Crippen LogP contribution in [-0.2, 0) is 35.2 Å². The highest BCUT2D eigenvalue weighted by Crippen LogP contribution is 2.43. The Labute approximate surface area is 268 Å². The Morgan fingerprint density at radius 1 is 0.867 bits per heavy atom. The van der Waals surface area contributed by atoms with Gasteiger partial charge >= 0.3 is 0 Å². The third-order valence-corrected chi connectivity index (χ3v) is 9.94.